The molecule has 4 aromatic carbocycles. The lowest BCUT2D eigenvalue weighted by molar-refractivity contribution is 0.397. The first-order valence-electron chi connectivity index (χ1n) is 17.9. The van der Waals surface area contributed by atoms with Gasteiger partial charge in [0.2, 0.25) is 0 Å². The van der Waals surface area contributed by atoms with Crippen LogP contribution in [0.2, 0.25) is 0 Å². The Kier molecular flexibility index (Phi) is 13.7. The van der Waals surface area contributed by atoms with Crippen LogP contribution in [0.3, 0.4) is 0 Å². The van der Waals surface area contributed by atoms with Gasteiger partial charge >= 0.3 is 0 Å². The second-order valence-electron chi connectivity index (χ2n) is 12.5. The standard InChI is InChI=1S/C41H42Br2N8O4S2/c1-7-44-40(56)50-46-20-26-30(52-3)18-32(54-5)36-34(22-9-13-24(42)14-10-22)28(48-38(26)36)17-29-35(23-11-15-25(43)16-12-23)37-33(55-6)19-31(53-4)27(39(37)49-29)21-47-51-41(57)45-8-2/h9-16,18-21,48-49H,7-8,17H2,1-6H3,(H2,44,50,56)(H2,45,51,57)/b46-20+,47-21+. The summed E-state index contributed by atoms with van der Waals surface area (Å²) in [6.07, 6.45) is 3.82. The third kappa shape index (κ3) is 8.88. The van der Waals surface area contributed by atoms with Crippen molar-refractivity contribution >= 4 is 101 Å². The van der Waals surface area contributed by atoms with Crippen LogP contribution in [0.5, 0.6) is 23.0 Å². The van der Waals surface area contributed by atoms with Crippen molar-refractivity contribution in [3.05, 3.63) is 92.1 Å². The van der Waals surface area contributed by atoms with E-state index in [1.54, 1.807) is 40.9 Å². The number of aromatic nitrogens is 2. The SMILES string of the molecule is CCNC(=S)N/N=C/c1c(OC)cc(OC)c2c(-c3ccc(Br)cc3)c(Cc3[nH]c4c(/C=N/NC(=S)NCC)c(OC)cc(OC)c4c3-c3ccc(Br)cc3)[nH]c12. The monoisotopic (exact) mass is 932 g/mol. The van der Waals surface area contributed by atoms with E-state index in [1.807, 2.05) is 50.2 Å². The van der Waals surface area contributed by atoms with Gasteiger partial charge in [0.05, 0.1) is 73.8 Å². The van der Waals surface area contributed by atoms with Crippen molar-refractivity contribution in [3.63, 3.8) is 0 Å². The number of hydrogen-bond donors (Lipinski definition) is 6. The molecule has 0 radical (unpaired) electrons. The normalized spacial score (nSPS) is 11.4. The van der Waals surface area contributed by atoms with Crippen LogP contribution in [0.1, 0.15) is 36.4 Å². The molecular weight excluding hydrogens is 892 g/mol. The topological polar surface area (TPSA) is 141 Å². The minimum Gasteiger partial charge on any atom is -0.496 e. The molecule has 0 aliphatic rings. The number of nitrogens with zero attached hydrogens (tertiary/aromatic N) is 2. The molecule has 16 heteroatoms. The van der Waals surface area contributed by atoms with E-state index in [9.17, 15) is 0 Å². The third-order valence-corrected chi connectivity index (χ3v) is 10.7. The Bertz CT molecular complexity index is 2310. The molecule has 6 rings (SSSR count). The van der Waals surface area contributed by atoms with Crippen molar-refractivity contribution in [2.24, 2.45) is 10.2 Å². The Morgan fingerprint density at radius 1 is 0.614 bits per heavy atom. The van der Waals surface area contributed by atoms with Crippen LogP contribution in [0.25, 0.3) is 44.1 Å². The van der Waals surface area contributed by atoms with Crippen molar-refractivity contribution in [1.82, 2.24) is 31.5 Å². The second kappa shape index (κ2) is 18.9. The molecular formula is C41H42Br2N8O4S2. The van der Waals surface area contributed by atoms with Crippen LogP contribution in [0, 0.1) is 0 Å². The molecule has 296 valence electrons. The van der Waals surface area contributed by atoms with E-state index in [2.05, 4.69) is 97.8 Å². The zero-order chi connectivity index (χ0) is 40.6. The van der Waals surface area contributed by atoms with Crippen LogP contribution in [-0.4, -0.2) is 74.2 Å². The number of benzene rings is 4. The van der Waals surface area contributed by atoms with Gasteiger partial charge in [-0.05, 0) is 73.7 Å². The lowest BCUT2D eigenvalue weighted by atomic mass is 9.95. The summed E-state index contributed by atoms with van der Waals surface area (Å²) in [4.78, 5) is 7.57. The van der Waals surface area contributed by atoms with Crippen molar-refractivity contribution in [1.29, 1.82) is 0 Å². The molecule has 0 aliphatic heterocycles. The lowest BCUT2D eigenvalue weighted by Gasteiger charge is -2.13. The lowest BCUT2D eigenvalue weighted by Crippen LogP contribution is -2.31. The maximum Gasteiger partial charge on any atom is 0.186 e. The summed E-state index contributed by atoms with van der Waals surface area (Å²) in [7, 11) is 6.55. The number of halogens is 2. The van der Waals surface area contributed by atoms with Gasteiger partial charge in [-0.25, -0.2) is 0 Å². The highest BCUT2D eigenvalue weighted by Gasteiger charge is 2.27. The van der Waals surface area contributed by atoms with Gasteiger partial charge in [0.25, 0.3) is 0 Å². The number of fused-ring (bicyclic) bond motifs is 2. The van der Waals surface area contributed by atoms with Gasteiger partial charge in [0.15, 0.2) is 10.2 Å². The van der Waals surface area contributed by atoms with E-state index in [4.69, 9.17) is 43.4 Å². The summed E-state index contributed by atoms with van der Waals surface area (Å²) < 4.78 is 25.8. The number of methoxy groups -OCH3 is 4. The average molecular weight is 935 g/mol. The predicted octanol–water partition coefficient (Wildman–Crippen LogP) is 8.77. The van der Waals surface area contributed by atoms with Gasteiger partial charge in [0, 0.05) is 63.1 Å². The summed E-state index contributed by atoms with van der Waals surface area (Å²) in [6.45, 7) is 5.26. The van der Waals surface area contributed by atoms with Crippen molar-refractivity contribution < 1.29 is 18.9 Å². The number of hydrazone groups is 2. The molecule has 2 aromatic heterocycles. The van der Waals surface area contributed by atoms with Gasteiger partial charge in [-0.15, -0.1) is 0 Å². The number of aromatic amines is 2. The molecule has 0 saturated carbocycles. The molecule has 0 fully saturated rings. The molecule has 0 saturated heterocycles. The minimum absolute atomic E-state index is 0.409. The number of thiocarbonyl (C=S) groups is 2. The van der Waals surface area contributed by atoms with E-state index >= 15 is 0 Å². The van der Waals surface area contributed by atoms with Crippen molar-refractivity contribution in [2.75, 3.05) is 41.5 Å². The van der Waals surface area contributed by atoms with Gasteiger partial charge in [0.1, 0.15) is 23.0 Å². The molecule has 0 unspecified atom stereocenters. The number of ether oxygens (including phenoxy) is 4. The van der Waals surface area contributed by atoms with Crippen LogP contribution in [0.4, 0.5) is 0 Å². The predicted molar refractivity (Wildman–Crippen MR) is 246 cm³/mol. The molecule has 0 bridgehead atoms. The van der Waals surface area contributed by atoms with Crippen molar-refractivity contribution in [2.45, 2.75) is 20.3 Å². The summed E-state index contributed by atoms with van der Waals surface area (Å²) in [5, 5.41) is 17.6. The highest BCUT2D eigenvalue weighted by atomic mass is 79.9. The molecule has 0 atom stereocenters. The molecule has 12 nitrogen and oxygen atoms in total. The average Bonchev–Trinajstić information content (AvgIpc) is 3.77. The van der Waals surface area contributed by atoms with Crippen LogP contribution < -0.4 is 40.4 Å². The molecule has 6 N–H and O–H groups in total. The molecule has 6 aromatic rings. The first kappa shape index (κ1) is 41.5. The first-order chi connectivity index (χ1) is 27.6. The zero-order valence-corrected chi connectivity index (χ0v) is 37.0. The third-order valence-electron chi connectivity index (χ3n) is 9.14. The fourth-order valence-electron chi connectivity index (χ4n) is 6.72. The van der Waals surface area contributed by atoms with Crippen molar-refractivity contribution in [3.8, 4) is 45.3 Å². The van der Waals surface area contributed by atoms with E-state index in [1.165, 1.54) is 0 Å². The minimum atomic E-state index is 0.409. The Balaban J connectivity index is 1.65. The number of H-pyrrole nitrogens is 2. The summed E-state index contributed by atoms with van der Waals surface area (Å²) in [5.41, 5.74) is 14.5. The van der Waals surface area contributed by atoms with E-state index < -0.39 is 0 Å². The van der Waals surface area contributed by atoms with Crippen LogP contribution in [-0.2, 0) is 6.42 Å². The summed E-state index contributed by atoms with van der Waals surface area (Å²) in [6, 6.07) is 20.2. The van der Waals surface area contributed by atoms with Gasteiger partial charge < -0.3 is 39.5 Å². The van der Waals surface area contributed by atoms with Gasteiger partial charge in [-0.1, -0.05) is 56.1 Å². The second-order valence-corrected chi connectivity index (χ2v) is 15.1. The number of rotatable bonds is 14. The number of nitrogens with one attached hydrogen (secondary N) is 6. The molecule has 57 heavy (non-hydrogen) atoms. The quantitative estimate of drug-likeness (QED) is 0.0357. The van der Waals surface area contributed by atoms with Gasteiger partial charge in [-0.3, -0.25) is 10.9 Å². The fourth-order valence-corrected chi connectivity index (χ4v) is 7.65. The molecule has 0 aliphatic carbocycles. The smallest absolute Gasteiger partial charge is 0.186 e. The number of hydrogen-bond acceptors (Lipinski definition) is 8. The largest absolute Gasteiger partial charge is 0.496 e. The van der Waals surface area contributed by atoms with Crippen LogP contribution >= 0.6 is 56.3 Å². The Morgan fingerprint density at radius 3 is 1.32 bits per heavy atom. The van der Waals surface area contributed by atoms with Crippen LogP contribution in [0.15, 0.2) is 79.8 Å². The summed E-state index contributed by atoms with van der Waals surface area (Å²) in [5.74, 6) is 2.40. The van der Waals surface area contributed by atoms with Gasteiger partial charge in [-0.2, -0.15) is 10.2 Å². The fraction of sp³-hybridized carbons (Fsp3) is 0.220. The molecule has 0 amide bonds. The Labute approximate surface area is 358 Å². The zero-order valence-electron chi connectivity index (χ0n) is 32.1. The highest BCUT2D eigenvalue weighted by molar-refractivity contribution is 9.10. The molecule has 0 spiro atoms. The molecule has 2 heterocycles. The maximum absolute atomic E-state index is 6.07. The maximum atomic E-state index is 6.07. The Morgan fingerprint density at radius 2 is 0.982 bits per heavy atom. The summed E-state index contributed by atoms with van der Waals surface area (Å²) >= 11 is 18.0. The van der Waals surface area contributed by atoms with E-state index in [-0.39, 0.29) is 0 Å². The Hall–Kier alpha value is -5.16. The van der Waals surface area contributed by atoms with E-state index in [0.717, 1.165) is 64.4 Å². The highest BCUT2D eigenvalue weighted by Crippen LogP contribution is 2.47. The van der Waals surface area contributed by atoms with E-state index in [0.29, 0.717) is 63.9 Å². The first-order valence-corrected chi connectivity index (χ1v) is 20.3.